The first-order valence-corrected chi connectivity index (χ1v) is 8.39. The summed E-state index contributed by atoms with van der Waals surface area (Å²) in [7, 11) is 0. The average Bonchev–Trinajstić information content (AvgIpc) is 2.99. The summed E-state index contributed by atoms with van der Waals surface area (Å²) in [4.78, 5) is 28.0. The molecule has 1 N–H and O–H groups in total. The Balaban J connectivity index is 1.56. The molecule has 3 rings (SSSR count). The second-order valence-electron chi connectivity index (χ2n) is 7.52. The number of hydrogen-bond acceptors (Lipinski definition) is 5. The molecule has 7 heteroatoms. The van der Waals surface area contributed by atoms with E-state index in [2.05, 4.69) is 10.1 Å². The van der Waals surface area contributed by atoms with Crippen molar-refractivity contribution in [2.75, 3.05) is 26.2 Å². The number of aliphatic carboxylic acids is 1. The molecule has 2 atom stereocenters. The Hall–Kier alpha value is -1.89. The third-order valence-corrected chi connectivity index (χ3v) is 5.61. The fourth-order valence-corrected chi connectivity index (χ4v) is 3.83. The van der Waals surface area contributed by atoms with Gasteiger partial charge in [0, 0.05) is 38.3 Å². The highest BCUT2D eigenvalue weighted by molar-refractivity contribution is 5.91. The molecule has 0 unspecified atom stereocenters. The minimum Gasteiger partial charge on any atom is -0.481 e. The molecular weight excluding hydrogens is 310 g/mol. The zero-order valence-electron chi connectivity index (χ0n) is 14.7. The molecular formula is C17H25N3O4. The molecule has 1 saturated carbocycles. The van der Waals surface area contributed by atoms with E-state index in [0.717, 1.165) is 36.7 Å². The van der Waals surface area contributed by atoms with Crippen LogP contribution in [0.1, 0.15) is 30.9 Å². The van der Waals surface area contributed by atoms with E-state index in [1.54, 1.807) is 0 Å². The van der Waals surface area contributed by atoms with Gasteiger partial charge < -0.3 is 14.5 Å². The Morgan fingerprint density at radius 1 is 1.21 bits per heavy atom. The number of aromatic nitrogens is 1. The third-order valence-electron chi connectivity index (χ3n) is 5.61. The number of rotatable bonds is 4. The molecule has 132 valence electrons. The normalized spacial score (nSPS) is 26.4. The lowest BCUT2D eigenvalue weighted by molar-refractivity contribution is -0.142. The zero-order chi connectivity index (χ0) is 17.6. The quantitative estimate of drug-likeness (QED) is 0.892. The Labute approximate surface area is 141 Å². The number of carbonyl (C=O) groups excluding carboxylic acids is 1. The molecule has 1 aromatic rings. The number of carbonyl (C=O) groups is 2. The monoisotopic (exact) mass is 335 g/mol. The van der Waals surface area contributed by atoms with Crippen molar-refractivity contribution in [3.63, 3.8) is 0 Å². The van der Waals surface area contributed by atoms with Crippen LogP contribution in [0.25, 0.3) is 0 Å². The van der Waals surface area contributed by atoms with Crippen LogP contribution in [0, 0.1) is 31.1 Å². The molecule has 1 amide bonds. The SMILES string of the molecule is Cc1noc(C)c1CN1CCN(C(=O)[C@H]2[C@H](C(=O)O)C2(C)C)CC1. The molecule has 0 aromatic carbocycles. The molecule has 0 spiro atoms. The topological polar surface area (TPSA) is 86.9 Å². The van der Waals surface area contributed by atoms with E-state index in [-0.39, 0.29) is 11.8 Å². The average molecular weight is 335 g/mol. The van der Waals surface area contributed by atoms with Crippen LogP contribution >= 0.6 is 0 Å². The predicted molar refractivity (Wildman–Crippen MR) is 86.2 cm³/mol. The number of piperazine rings is 1. The van der Waals surface area contributed by atoms with Crippen molar-refractivity contribution in [2.45, 2.75) is 34.2 Å². The van der Waals surface area contributed by atoms with E-state index in [1.807, 2.05) is 32.6 Å². The largest absolute Gasteiger partial charge is 0.481 e. The number of aryl methyl sites for hydroxylation is 2. The maximum absolute atomic E-state index is 12.6. The number of hydrogen-bond donors (Lipinski definition) is 1. The summed E-state index contributed by atoms with van der Waals surface area (Å²) >= 11 is 0. The second kappa shape index (κ2) is 5.88. The molecule has 1 saturated heterocycles. The Morgan fingerprint density at radius 2 is 1.83 bits per heavy atom. The Morgan fingerprint density at radius 3 is 2.29 bits per heavy atom. The highest BCUT2D eigenvalue weighted by Gasteiger charge is 2.66. The van der Waals surface area contributed by atoms with Crippen molar-refractivity contribution >= 4 is 11.9 Å². The van der Waals surface area contributed by atoms with Crippen LogP contribution in [-0.2, 0) is 16.1 Å². The molecule has 7 nitrogen and oxygen atoms in total. The van der Waals surface area contributed by atoms with Crippen molar-refractivity contribution < 1.29 is 19.2 Å². The minimum atomic E-state index is -0.865. The summed E-state index contributed by atoms with van der Waals surface area (Å²) in [5, 5.41) is 13.2. The Bertz CT molecular complexity index is 639. The smallest absolute Gasteiger partial charge is 0.307 e. The molecule has 2 fully saturated rings. The number of carboxylic acid groups (broad SMARTS) is 1. The van der Waals surface area contributed by atoms with E-state index in [1.165, 1.54) is 0 Å². The van der Waals surface area contributed by atoms with Crippen molar-refractivity contribution in [2.24, 2.45) is 17.3 Å². The van der Waals surface area contributed by atoms with E-state index in [4.69, 9.17) is 4.52 Å². The number of amides is 1. The summed E-state index contributed by atoms with van der Waals surface area (Å²) in [6.45, 7) is 11.2. The zero-order valence-corrected chi connectivity index (χ0v) is 14.7. The van der Waals surface area contributed by atoms with Gasteiger partial charge >= 0.3 is 5.97 Å². The maximum Gasteiger partial charge on any atom is 0.307 e. The van der Waals surface area contributed by atoms with Gasteiger partial charge in [-0.3, -0.25) is 14.5 Å². The molecule has 2 heterocycles. The van der Waals surface area contributed by atoms with E-state index < -0.39 is 17.3 Å². The lowest BCUT2D eigenvalue weighted by atomic mass is 10.1. The van der Waals surface area contributed by atoms with Gasteiger partial charge in [-0.25, -0.2) is 0 Å². The van der Waals surface area contributed by atoms with Crippen LogP contribution in [0.4, 0.5) is 0 Å². The molecule has 1 aliphatic heterocycles. The maximum atomic E-state index is 12.6. The molecule has 2 aliphatic rings. The van der Waals surface area contributed by atoms with E-state index in [0.29, 0.717) is 13.1 Å². The van der Waals surface area contributed by atoms with Gasteiger partial charge in [0.15, 0.2) is 0 Å². The first-order chi connectivity index (χ1) is 11.2. The molecule has 24 heavy (non-hydrogen) atoms. The molecule has 1 aromatic heterocycles. The van der Waals surface area contributed by atoms with Crippen molar-refractivity contribution in [1.82, 2.24) is 15.0 Å². The molecule has 0 radical (unpaired) electrons. The van der Waals surface area contributed by atoms with Gasteiger partial charge in [0.25, 0.3) is 0 Å². The third kappa shape index (κ3) is 2.81. The van der Waals surface area contributed by atoms with Crippen molar-refractivity contribution in [3.05, 3.63) is 17.0 Å². The van der Waals surface area contributed by atoms with Crippen LogP contribution in [0.5, 0.6) is 0 Å². The standard InChI is InChI=1S/C17H25N3O4/c1-10-12(11(2)24-18-10)9-19-5-7-20(8-6-19)15(21)13-14(16(22)23)17(13,3)4/h13-14H,5-9H2,1-4H3,(H,22,23)/t13-,14-/m1/s1. The van der Waals surface area contributed by atoms with Crippen molar-refractivity contribution in [3.8, 4) is 0 Å². The number of carboxylic acids is 1. The summed E-state index contributed by atoms with van der Waals surface area (Å²) in [5.41, 5.74) is 1.59. The molecule has 0 bridgehead atoms. The van der Waals surface area contributed by atoms with Gasteiger partial charge in [0.2, 0.25) is 5.91 Å². The lowest BCUT2D eigenvalue weighted by Gasteiger charge is -2.35. The van der Waals surface area contributed by atoms with Gasteiger partial charge in [-0.2, -0.15) is 0 Å². The van der Waals surface area contributed by atoms with E-state index in [9.17, 15) is 14.7 Å². The van der Waals surface area contributed by atoms with Gasteiger partial charge in [-0.1, -0.05) is 19.0 Å². The first-order valence-electron chi connectivity index (χ1n) is 8.39. The molecule has 1 aliphatic carbocycles. The van der Waals surface area contributed by atoms with Crippen LogP contribution in [-0.4, -0.2) is 58.1 Å². The first kappa shape index (κ1) is 17.0. The van der Waals surface area contributed by atoms with Gasteiger partial charge in [-0.15, -0.1) is 0 Å². The highest BCUT2D eigenvalue weighted by atomic mass is 16.5. The van der Waals surface area contributed by atoms with Crippen LogP contribution in [0.3, 0.4) is 0 Å². The minimum absolute atomic E-state index is 0.00983. The summed E-state index contributed by atoms with van der Waals surface area (Å²) in [5.74, 6) is -0.968. The Kier molecular flexibility index (Phi) is 4.15. The number of nitrogens with zero attached hydrogens (tertiary/aromatic N) is 3. The van der Waals surface area contributed by atoms with Crippen LogP contribution in [0.15, 0.2) is 4.52 Å². The van der Waals surface area contributed by atoms with E-state index >= 15 is 0 Å². The van der Waals surface area contributed by atoms with Crippen molar-refractivity contribution in [1.29, 1.82) is 0 Å². The summed E-state index contributed by atoms with van der Waals surface area (Å²) < 4.78 is 5.20. The summed E-state index contributed by atoms with van der Waals surface area (Å²) in [6, 6.07) is 0. The summed E-state index contributed by atoms with van der Waals surface area (Å²) in [6.07, 6.45) is 0. The van der Waals surface area contributed by atoms with Gasteiger partial charge in [0.1, 0.15) is 5.76 Å². The fourth-order valence-electron chi connectivity index (χ4n) is 3.83. The van der Waals surface area contributed by atoms with Crippen LogP contribution < -0.4 is 0 Å². The fraction of sp³-hybridized carbons (Fsp3) is 0.706. The highest BCUT2D eigenvalue weighted by Crippen LogP contribution is 2.59. The lowest BCUT2D eigenvalue weighted by Crippen LogP contribution is -2.49. The van der Waals surface area contributed by atoms with Gasteiger partial charge in [-0.05, 0) is 19.3 Å². The van der Waals surface area contributed by atoms with Crippen LogP contribution in [0.2, 0.25) is 0 Å². The van der Waals surface area contributed by atoms with Gasteiger partial charge in [0.05, 0.1) is 17.5 Å². The second-order valence-corrected chi connectivity index (χ2v) is 7.52. The predicted octanol–water partition coefficient (Wildman–Crippen LogP) is 1.29.